The SMILES string of the molecule is C=C(C)[C@H]1CN[C@H](C(=O)OC(C)(C)C)[C@H]1CC(=O)OC(C)(C)C. The van der Waals surface area contributed by atoms with E-state index in [1.54, 1.807) is 0 Å². The van der Waals surface area contributed by atoms with E-state index in [1.807, 2.05) is 48.5 Å². The lowest BCUT2D eigenvalue weighted by Crippen LogP contribution is -2.42. The number of ether oxygens (including phenoxy) is 2. The second-order valence-electron chi connectivity index (χ2n) is 8.33. The molecule has 0 bridgehead atoms. The zero-order valence-corrected chi connectivity index (χ0v) is 15.5. The van der Waals surface area contributed by atoms with Gasteiger partial charge in [-0.2, -0.15) is 0 Å². The first-order valence-electron chi connectivity index (χ1n) is 8.13. The van der Waals surface area contributed by atoms with Gasteiger partial charge in [-0.25, -0.2) is 0 Å². The molecule has 1 rings (SSSR count). The van der Waals surface area contributed by atoms with Crippen molar-refractivity contribution in [2.24, 2.45) is 11.8 Å². The van der Waals surface area contributed by atoms with E-state index in [0.29, 0.717) is 6.54 Å². The highest BCUT2D eigenvalue weighted by Crippen LogP contribution is 2.32. The molecule has 0 aromatic heterocycles. The largest absolute Gasteiger partial charge is 0.460 e. The lowest BCUT2D eigenvalue weighted by atomic mass is 9.83. The topological polar surface area (TPSA) is 64.6 Å². The van der Waals surface area contributed by atoms with Crippen molar-refractivity contribution < 1.29 is 19.1 Å². The van der Waals surface area contributed by atoms with Gasteiger partial charge in [-0.1, -0.05) is 12.2 Å². The fourth-order valence-electron chi connectivity index (χ4n) is 2.79. The van der Waals surface area contributed by atoms with E-state index >= 15 is 0 Å². The van der Waals surface area contributed by atoms with Crippen LogP contribution in [0.3, 0.4) is 0 Å². The Kier molecular flexibility index (Phi) is 6.02. The molecule has 1 heterocycles. The van der Waals surface area contributed by atoms with Crippen LogP contribution in [-0.4, -0.2) is 35.7 Å². The first-order chi connectivity index (χ1) is 10.3. The molecule has 0 unspecified atom stereocenters. The average Bonchev–Trinajstić information content (AvgIpc) is 2.67. The second-order valence-corrected chi connectivity index (χ2v) is 8.33. The van der Waals surface area contributed by atoms with Crippen LogP contribution in [0.25, 0.3) is 0 Å². The maximum atomic E-state index is 12.4. The van der Waals surface area contributed by atoms with Gasteiger partial charge in [0.05, 0.1) is 6.42 Å². The normalized spacial score (nSPS) is 25.1. The summed E-state index contributed by atoms with van der Waals surface area (Å²) >= 11 is 0. The van der Waals surface area contributed by atoms with Crippen LogP contribution in [0.2, 0.25) is 0 Å². The van der Waals surface area contributed by atoms with Crippen LogP contribution in [0.15, 0.2) is 12.2 Å². The zero-order valence-electron chi connectivity index (χ0n) is 15.5. The van der Waals surface area contributed by atoms with Gasteiger partial charge in [0.2, 0.25) is 0 Å². The molecular weight excluding hydrogens is 294 g/mol. The maximum absolute atomic E-state index is 12.4. The number of rotatable bonds is 4. The minimum atomic E-state index is -0.559. The van der Waals surface area contributed by atoms with Crippen molar-refractivity contribution in [3.63, 3.8) is 0 Å². The number of nitrogens with one attached hydrogen (secondary N) is 1. The number of hydrogen-bond acceptors (Lipinski definition) is 5. The Hall–Kier alpha value is -1.36. The van der Waals surface area contributed by atoms with Crippen molar-refractivity contribution in [1.82, 2.24) is 5.32 Å². The number of esters is 2. The van der Waals surface area contributed by atoms with Crippen molar-refractivity contribution >= 4 is 11.9 Å². The van der Waals surface area contributed by atoms with Crippen molar-refractivity contribution in [2.75, 3.05) is 6.54 Å². The molecule has 0 aromatic rings. The summed E-state index contributed by atoms with van der Waals surface area (Å²) in [5, 5.41) is 3.19. The summed E-state index contributed by atoms with van der Waals surface area (Å²) in [6, 6.07) is -0.511. The van der Waals surface area contributed by atoms with Crippen LogP contribution >= 0.6 is 0 Å². The number of hydrogen-bond donors (Lipinski definition) is 1. The van der Waals surface area contributed by atoms with E-state index in [-0.39, 0.29) is 30.2 Å². The fourth-order valence-corrected chi connectivity index (χ4v) is 2.79. The molecule has 1 N–H and O–H groups in total. The molecule has 1 aliphatic rings. The predicted octanol–water partition coefficient (Wildman–Crippen LogP) is 2.84. The van der Waals surface area contributed by atoms with Crippen LogP contribution in [0.4, 0.5) is 0 Å². The molecule has 0 aromatic carbocycles. The summed E-state index contributed by atoms with van der Waals surface area (Å²) in [6.45, 7) is 17.5. The Morgan fingerprint density at radius 3 is 2.04 bits per heavy atom. The van der Waals surface area contributed by atoms with E-state index in [1.165, 1.54) is 0 Å². The van der Waals surface area contributed by atoms with Crippen molar-refractivity contribution in [2.45, 2.75) is 72.1 Å². The summed E-state index contributed by atoms with van der Waals surface area (Å²) in [6.07, 6.45) is 0.172. The molecule has 132 valence electrons. The van der Waals surface area contributed by atoms with Gasteiger partial charge in [0.15, 0.2) is 0 Å². The van der Waals surface area contributed by atoms with E-state index < -0.39 is 17.2 Å². The van der Waals surface area contributed by atoms with Gasteiger partial charge < -0.3 is 14.8 Å². The smallest absolute Gasteiger partial charge is 0.323 e. The number of carbonyl (C=O) groups is 2. The van der Waals surface area contributed by atoms with E-state index in [4.69, 9.17) is 9.47 Å². The third-order valence-corrected chi connectivity index (χ3v) is 3.62. The van der Waals surface area contributed by atoms with E-state index in [2.05, 4.69) is 11.9 Å². The molecule has 0 saturated carbocycles. The molecular formula is C18H31NO4. The molecule has 3 atom stereocenters. The summed E-state index contributed by atoms with van der Waals surface area (Å²) in [4.78, 5) is 24.6. The predicted molar refractivity (Wildman–Crippen MR) is 89.9 cm³/mol. The molecule has 0 radical (unpaired) electrons. The molecule has 0 spiro atoms. The summed E-state index contributed by atoms with van der Waals surface area (Å²) in [5.41, 5.74) is -0.142. The highest BCUT2D eigenvalue weighted by atomic mass is 16.6. The molecule has 23 heavy (non-hydrogen) atoms. The third-order valence-electron chi connectivity index (χ3n) is 3.62. The van der Waals surface area contributed by atoms with E-state index in [0.717, 1.165) is 5.57 Å². The minimum Gasteiger partial charge on any atom is -0.460 e. The molecule has 1 fully saturated rings. The Morgan fingerprint density at radius 1 is 1.09 bits per heavy atom. The van der Waals surface area contributed by atoms with Crippen LogP contribution < -0.4 is 5.32 Å². The van der Waals surface area contributed by atoms with Crippen LogP contribution in [0, 0.1) is 11.8 Å². The lowest BCUT2D eigenvalue weighted by molar-refractivity contribution is -0.160. The Balaban J connectivity index is 2.87. The first kappa shape index (κ1) is 19.7. The highest BCUT2D eigenvalue weighted by Gasteiger charge is 2.43. The molecule has 0 amide bonds. The highest BCUT2D eigenvalue weighted by molar-refractivity contribution is 5.79. The van der Waals surface area contributed by atoms with E-state index in [9.17, 15) is 9.59 Å². The zero-order chi connectivity index (χ0) is 18.0. The van der Waals surface area contributed by atoms with Gasteiger partial charge in [-0.15, -0.1) is 0 Å². The second kappa shape index (κ2) is 7.04. The van der Waals surface area contributed by atoms with Crippen LogP contribution in [0.5, 0.6) is 0 Å². The Bertz CT molecular complexity index is 470. The van der Waals surface area contributed by atoms with Crippen LogP contribution in [0.1, 0.15) is 54.9 Å². The maximum Gasteiger partial charge on any atom is 0.323 e. The molecule has 0 aliphatic carbocycles. The van der Waals surface area contributed by atoms with Gasteiger partial charge in [0, 0.05) is 12.5 Å². The lowest BCUT2D eigenvalue weighted by Gasteiger charge is -2.27. The third kappa shape index (κ3) is 6.34. The van der Waals surface area contributed by atoms with Crippen molar-refractivity contribution in [1.29, 1.82) is 0 Å². The minimum absolute atomic E-state index is 0.0556. The van der Waals surface area contributed by atoms with Gasteiger partial charge >= 0.3 is 11.9 Å². The Labute approximate surface area is 139 Å². The van der Waals surface area contributed by atoms with Gasteiger partial charge in [-0.3, -0.25) is 9.59 Å². The molecule has 5 heteroatoms. The van der Waals surface area contributed by atoms with Gasteiger partial charge in [0.25, 0.3) is 0 Å². The monoisotopic (exact) mass is 325 g/mol. The molecule has 1 saturated heterocycles. The first-order valence-corrected chi connectivity index (χ1v) is 8.13. The van der Waals surface area contributed by atoms with Crippen molar-refractivity contribution in [3.05, 3.63) is 12.2 Å². The van der Waals surface area contributed by atoms with Gasteiger partial charge in [0.1, 0.15) is 17.2 Å². The van der Waals surface area contributed by atoms with Crippen LogP contribution in [-0.2, 0) is 19.1 Å². The quantitative estimate of drug-likeness (QED) is 0.636. The van der Waals surface area contributed by atoms with Crippen molar-refractivity contribution in [3.8, 4) is 0 Å². The fraction of sp³-hybridized carbons (Fsp3) is 0.778. The molecule has 1 aliphatic heterocycles. The Morgan fingerprint density at radius 2 is 1.61 bits per heavy atom. The van der Waals surface area contributed by atoms with Gasteiger partial charge in [-0.05, 0) is 54.4 Å². The average molecular weight is 325 g/mol. The summed E-state index contributed by atoms with van der Waals surface area (Å²) in [7, 11) is 0. The molecule has 5 nitrogen and oxygen atoms in total. The summed E-state index contributed by atoms with van der Waals surface area (Å²) < 4.78 is 10.9. The standard InChI is InChI=1S/C18H31NO4/c1-11(2)13-10-19-15(16(21)23-18(6,7)8)12(13)9-14(20)22-17(3,4)5/h12-13,15,19H,1,9-10H2,2-8H3/t12-,13+,15-/m0/s1. The summed E-state index contributed by atoms with van der Waals surface area (Å²) in [5.74, 6) is -0.766. The number of carbonyl (C=O) groups excluding carboxylic acids is 2.